The van der Waals surface area contributed by atoms with Crippen LogP contribution >= 0.6 is 11.8 Å². The highest BCUT2D eigenvalue weighted by Crippen LogP contribution is 2.41. The summed E-state index contributed by atoms with van der Waals surface area (Å²) in [7, 11) is 0. The Morgan fingerprint density at radius 3 is 2.75 bits per heavy atom. The summed E-state index contributed by atoms with van der Waals surface area (Å²) in [6.45, 7) is 0.698. The third kappa shape index (κ3) is 2.88. The van der Waals surface area contributed by atoms with Crippen molar-refractivity contribution in [1.82, 2.24) is 0 Å². The number of nitro benzene ring substituents is 1. The number of para-hydroxylation sites is 1. The normalized spacial score (nSPS) is 16.6. The molecular formula is C14H17N3O2S. The van der Waals surface area contributed by atoms with Crippen molar-refractivity contribution in [2.24, 2.45) is 0 Å². The number of nitro groups is 1. The molecule has 0 heterocycles. The van der Waals surface area contributed by atoms with Gasteiger partial charge in [-0.05, 0) is 31.2 Å². The van der Waals surface area contributed by atoms with Crippen molar-refractivity contribution >= 4 is 23.1 Å². The Morgan fingerprint density at radius 1 is 1.50 bits per heavy atom. The van der Waals surface area contributed by atoms with Gasteiger partial charge in [0, 0.05) is 11.3 Å². The molecule has 0 aliphatic heterocycles. The second kappa shape index (κ2) is 6.14. The van der Waals surface area contributed by atoms with Crippen molar-refractivity contribution < 1.29 is 4.92 Å². The Balaban J connectivity index is 2.21. The van der Waals surface area contributed by atoms with Gasteiger partial charge >= 0.3 is 5.69 Å². The third-order valence-corrected chi connectivity index (χ3v) is 5.31. The molecule has 1 fully saturated rings. The molecule has 0 unspecified atom stereocenters. The minimum Gasteiger partial charge on any atom is -0.378 e. The first-order valence-corrected chi connectivity index (χ1v) is 7.81. The standard InChI is InChI=1S/C14H17N3O2S/c1-20-14(7-2-3-8-14)10-16-12-6-4-5-11(9-15)13(12)17(18)19/h4-6,16H,2-3,7-8,10H2,1H3. The minimum atomic E-state index is -0.485. The quantitative estimate of drug-likeness (QED) is 0.663. The first-order valence-electron chi connectivity index (χ1n) is 6.58. The van der Waals surface area contributed by atoms with Crippen LogP contribution in [0.15, 0.2) is 18.2 Å². The molecule has 0 bridgehead atoms. The van der Waals surface area contributed by atoms with Gasteiger partial charge in [-0.1, -0.05) is 18.9 Å². The highest BCUT2D eigenvalue weighted by Gasteiger charge is 2.33. The Bertz CT molecular complexity index is 548. The summed E-state index contributed by atoms with van der Waals surface area (Å²) in [5.74, 6) is 0. The molecule has 1 aromatic rings. The van der Waals surface area contributed by atoms with Crippen LogP contribution in [0.4, 0.5) is 11.4 Å². The van der Waals surface area contributed by atoms with Crippen LogP contribution in [0.25, 0.3) is 0 Å². The average Bonchev–Trinajstić information content (AvgIpc) is 2.93. The number of benzene rings is 1. The van der Waals surface area contributed by atoms with Crippen LogP contribution < -0.4 is 5.32 Å². The molecule has 0 saturated heterocycles. The monoisotopic (exact) mass is 291 g/mol. The fraction of sp³-hybridized carbons (Fsp3) is 0.500. The lowest BCUT2D eigenvalue weighted by molar-refractivity contribution is -0.384. The Labute approximate surface area is 122 Å². The van der Waals surface area contributed by atoms with Crippen LogP contribution in [0.3, 0.4) is 0 Å². The minimum absolute atomic E-state index is 0.102. The van der Waals surface area contributed by atoms with E-state index >= 15 is 0 Å². The largest absolute Gasteiger partial charge is 0.378 e. The molecule has 0 amide bonds. The number of nitriles is 1. The maximum Gasteiger partial charge on any atom is 0.309 e. The first kappa shape index (κ1) is 14.7. The van der Waals surface area contributed by atoms with E-state index in [1.807, 2.05) is 17.8 Å². The zero-order valence-corrected chi connectivity index (χ0v) is 12.2. The van der Waals surface area contributed by atoms with Crippen molar-refractivity contribution in [3.05, 3.63) is 33.9 Å². The van der Waals surface area contributed by atoms with Crippen molar-refractivity contribution in [3.63, 3.8) is 0 Å². The average molecular weight is 291 g/mol. The topological polar surface area (TPSA) is 79.0 Å². The number of nitrogens with zero attached hydrogens (tertiary/aromatic N) is 2. The molecule has 1 aliphatic carbocycles. The summed E-state index contributed by atoms with van der Waals surface area (Å²) in [6.07, 6.45) is 6.78. The number of thioether (sulfide) groups is 1. The Hall–Kier alpha value is -1.74. The number of rotatable bonds is 5. The van der Waals surface area contributed by atoms with Crippen LogP contribution in [0.5, 0.6) is 0 Å². The van der Waals surface area contributed by atoms with Crippen LogP contribution in [-0.4, -0.2) is 22.5 Å². The molecule has 0 radical (unpaired) electrons. The van der Waals surface area contributed by atoms with Gasteiger partial charge in [-0.15, -0.1) is 0 Å². The van der Waals surface area contributed by atoms with E-state index in [1.54, 1.807) is 12.1 Å². The van der Waals surface area contributed by atoms with E-state index in [9.17, 15) is 10.1 Å². The number of nitrogens with one attached hydrogen (secondary N) is 1. The van der Waals surface area contributed by atoms with E-state index in [0.29, 0.717) is 12.2 Å². The zero-order chi connectivity index (χ0) is 14.6. The van der Waals surface area contributed by atoms with Crippen LogP contribution in [0.2, 0.25) is 0 Å². The molecule has 20 heavy (non-hydrogen) atoms. The Kier molecular flexibility index (Phi) is 4.50. The highest BCUT2D eigenvalue weighted by molar-refractivity contribution is 8.00. The molecule has 5 nitrogen and oxygen atoms in total. The summed E-state index contributed by atoms with van der Waals surface area (Å²) < 4.78 is 0.163. The predicted octanol–water partition coefficient (Wildman–Crippen LogP) is 3.55. The van der Waals surface area contributed by atoms with Gasteiger partial charge in [0.2, 0.25) is 0 Å². The molecule has 1 aliphatic rings. The van der Waals surface area contributed by atoms with Gasteiger partial charge in [-0.2, -0.15) is 17.0 Å². The summed E-state index contributed by atoms with van der Waals surface area (Å²) in [6, 6.07) is 6.70. The van der Waals surface area contributed by atoms with Gasteiger partial charge in [0.05, 0.1) is 4.92 Å². The van der Waals surface area contributed by atoms with Crippen LogP contribution in [0.1, 0.15) is 31.2 Å². The van der Waals surface area contributed by atoms with Crippen molar-refractivity contribution in [3.8, 4) is 6.07 Å². The van der Waals surface area contributed by atoms with Crippen molar-refractivity contribution in [2.75, 3.05) is 18.1 Å². The smallest absolute Gasteiger partial charge is 0.309 e. The maximum atomic E-state index is 11.2. The molecule has 0 spiro atoms. The number of hydrogen-bond acceptors (Lipinski definition) is 5. The van der Waals surface area contributed by atoms with Gasteiger partial charge in [0.1, 0.15) is 17.3 Å². The van der Waals surface area contributed by atoms with Crippen molar-refractivity contribution in [1.29, 1.82) is 5.26 Å². The van der Waals surface area contributed by atoms with Gasteiger partial charge in [-0.25, -0.2) is 0 Å². The fourth-order valence-corrected chi connectivity index (χ4v) is 3.62. The van der Waals surface area contributed by atoms with E-state index in [-0.39, 0.29) is 16.0 Å². The SMILES string of the molecule is CSC1(CNc2cccc(C#N)c2[N+](=O)[O-])CCCC1. The maximum absolute atomic E-state index is 11.2. The molecule has 1 aromatic carbocycles. The zero-order valence-electron chi connectivity index (χ0n) is 11.4. The summed E-state index contributed by atoms with van der Waals surface area (Å²) in [5.41, 5.74) is 0.420. The molecule has 6 heteroatoms. The molecule has 1 saturated carbocycles. The Morgan fingerprint density at radius 2 is 2.20 bits per heavy atom. The number of anilines is 1. The van der Waals surface area contributed by atoms with Gasteiger partial charge in [-0.3, -0.25) is 10.1 Å². The molecule has 106 valence electrons. The van der Waals surface area contributed by atoms with E-state index in [4.69, 9.17) is 5.26 Å². The summed E-state index contributed by atoms with van der Waals surface area (Å²) in [4.78, 5) is 10.7. The lowest BCUT2D eigenvalue weighted by Gasteiger charge is -2.27. The van der Waals surface area contributed by atoms with Gasteiger partial charge < -0.3 is 5.32 Å². The van der Waals surface area contributed by atoms with Crippen LogP contribution in [-0.2, 0) is 0 Å². The molecule has 1 N–H and O–H groups in total. The third-order valence-electron chi connectivity index (χ3n) is 3.89. The molecule has 0 atom stereocenters. The summed E-state index contributed by atoms with van der Waals surface area (Å²) in [5, 5.41) is 23.3. The second-order valence-corrected chi connectivity index (χ2v) is 6.29. The lowest BCUT2D eigenvalue weighted by atomic mass is 10.1. The molecular weight excluding hydrogens is 274 g/mol. The molecule has 0 aromatic heterocycles. The molecule has 2 rings (SSSR count). The van der Waals surface area contributed by atoms with E-state index < -0.39 is 4.92 Å². The first-order chi connectivity index (χ1) is 9.62. The summed E-state index contributed by atoms with van der Waals surface area (Å²) >= 11 is 1.83. The van der Waals surface area contributed by atoms with Gasteiger partial charge in [0.15, 0.2) is 0 Å². The van der Waals surface area contributed by atoms with E-state index in [2.05, 4.69) is 11.6 Å². The lowest BCUT2D eigenvalue weighted by Crippen LogP contribution is -2.30. The number of hydrogen-bond donors (Lipinski definition) is 1. The van der Waals surface area contributed by atoms with E-state index in [1.165, 1.54) is 18.9 Å². The van der Waals surface area contributed by atoms with Gasteiger partial charge in [0.25, 0.3) is 0 Å². The van der Waals surface area contributed by atoms with E-state index in [0.717, 1.165) is 12.8 Å². The highest BCUT2D eigenvalue weighted by atomic mass is 32.2. The fourth-order valence-electron chi connectivity index (χ4n) is 2.70. The van der Waals surface area contributed by atoms with Crippen LogP contribution in [0, 0.1) is 21.4 Å². The predicted molar refractivity (Wildman–Crippen MR) is 81.0 cm³/mol. The second-order valence-electron chi connectivity index (χ2n) is 5.02. The van der Waals surface area contributed by atoms with Crippen molar-refractivity contribution in [2.45, 2.75) is 30.4 Å².